The Balaban J connectivity index is 2.70. The fourth-order valence-corrected chi connectivity index (χ4v) is 1.21. The van der Waals surface area contributed by atoms with Crippen LogP contribution in [0.15, 0.2) is 12.1 Å². The highest BCUT2D eigenvalue weighted by molar-refractivity contribution is 5.95. The molecule has 0 aromatic heterocycles. The van der Waals surface area contributed by atoms with Crippen molar-refractivity contribution < 1.29 is 23.4 Å². The molecule has 0 atom stereocenters. The molecule has 0 bridgehead atoms. The number of benzene rings is 1. The summed E-state index contributed by atoms with van der Waals surface area (Å²) in [6.45, 7) is 3.08. The molecular formula is C12H15F2NO3. The second-order valence-corrected chi connectivity index (χ2v) is 4.55. The molecule has 0 radical (unpaired) electrons. The maximum absolute atomic E-state index is 13.0. The van der Waals surface area contributed by atoms with E-state index in [1.807, 2.05) is 0 Å². The summed E-state index contributed by atoms with van der Waals surface area (Å²) in [7, 11) is 0. The summed E-state index contributed by atoms with van der Waals surface area (Å²) in [5.41, 5.74) is 4.00. The zero-order valence-corrected chi connectivity index (χ0v) is 10.2. The molecule has 0 saturated heterocycles. The number of rotatable bonds is 4. The maximum atomic E-state index is 13.0. The lowest BCUT2D eigenvalue weighted by Crippen LogP contribution is -2.22. The zero-order valence-electron chi connectivity index (χ0n) is 10.2. The average Bonchev–Trinajstić information content (AvgIpc) is 2.21. The molecule has 0 aliphatic carbocycles. The summed E-state index contributed by atoms with van der Waals surface area (Å²) < 4.78 is 30.6. The summed E-state index contributed by atoms with van der Waals surface area (Å²) in [6, 6.07) is 1.42. The molecule has 0 heterocycles. The number of anilines is 1. The Labute approximate surface area is 103 Å². The predicted octanol–water partition coefficient (Wildman–Crippen LogP) is 1.86. The second-order valence-electron chi connectivity index (χ2n) is 4.55. The van der Waals surface area contributed by atoms with E-state index in [2.05, 4.69) is 0 Å². The number of halogens is 2. The van der Waals surface area contributed by atoms with Crippen LogP contribution in [0.4, 0.5) is 14.5 Å². The second kappa shape index (κ2) is 5.30. The number of esters is 1. The Morgan fingerprint density at radius 2 is 1.94 bits per heavy atom. The molecule has 4 nitrogen and oxygen atoms in total. The van der Waals surface area contributed by atoms with Crippen molar-refractivity contribution in [2.24, 2.45) is 0 Å². The Kier molecular flexibility index (Phi) is 4.24. The quantitative estimate of drug-likeness (QED) is 0.639. The van der Waals surface area contributed by atoms with Gasteiger partial charge in [-0.05, 0) is 19.9 Å². The van der Waals surface area contributed by atoms with Crippen molar-refractivity contribution in [1.29, 1.82) is 0 Å². The number of carbonyl (C=O) groups is 1. The van der Waals surface area contributed by atoms with Gasteiger partial charge in [0.25, 0.3) is 0 Å². The highest BCUT2D eigenvalue weighted by Crippen LogP contribution is 2.18. The van der Waals surface area contributed by atoms with Crippen molar-refractivity contribution >= 4 is 11.7 Å². The number of hydrogen-bond donors (Lipinski definition) is 2. The monoisotopic (exact) mass is 259 g/mol. The summed E-state index contributed by atoms with van der Waals surface area (Å²) in [5.74, 6) is -3.14. The van der Waals surface area contributed by atoms with Gasteiger partial charge in [-0.15, -0.1) is 0 Å². The van der Waals surface area contributed by atoms with Crippen LogP contribution in [0.3, 0.4) is 0 Å². The summed E-state index contributed by atoms with van der Waals surface area (Å²) in [4.78, 5) is 11.5. The molecule has 0 spiro atoms. The number of nitrogen functional groups attached to an aromatic ring is 1. The third-order valence-electron chi connectivity index (χ3n) is 2.26. The normalized spacial score (nSPS) is 11.4. The first kappa shape index (κ1) is 14.4. The lowest BCUT2D eigenvalue weighted by atomic mass is 10.1. The van der Waals surface area contributed by atoms with Crippen LogP contribution in [-0.2, 0) is 4.74 Å². The Hall–Kier alpha value is -1.69. The van der Waals surface area contributed by atoms with Crippen molar-refractivity contribution in [3.8, 4) is 0 Å². The molecule has 0 unspecified atom stereocenters. The third kappa shape index (κ3) is 3.96. The number of nitrogens with two attached hydrogens (primary N) is 1. The van der Waals surface area contributed by atoms with Crippen LogP contribution in [0.2, 0.25) is 0 Å². The number of aliphatic hydroxyl groups is 1. The van der Waals surface area contributed by atoms with Crippen molar-refractivity contribution in [3.05, 3.63) is 29.3 Å². The topological polar surface area (TPSA) is 72.5 Å². The first-order chi connectivity index (χ1) is 8.20. The van der Waals surface area contributed by atoms with Crippen molar-refractivity contribution in [2.75, 3.05) is 12.3 Å². The van der Waals surface area contributed by atoms with E-state index in [-0.39, 0.29) is 24.3 Å². The van der Waals surface area contributed by atoms with Gasteiger partial charge in [0, 0.05) is 18.2 Å². The SMILES string of the molecule is CC(C)(O)CCOC(=O)c1cc(F)c(F)cc1N. The minimum atomic E-state index is -1.17. The van der Waals surface area contributed by atoms with Gasteiger partial charge >= 0.3 is 5.97 Å². The van der Waals surface area contributed by atoms with E-state index >= 15 is 0 Å². The van der Waals surface area contributed by atoms with Gasteiger partial charge < -0.3 is 15.6 Å². The van der Waals surface area contributed by atoms with Crippen LogP contribution >= 0.6 is 0 Å². The smallest absolute Gasteiger partial charge is 0.340 e. The van der Waals surface area contributed by atoms with E-state index in [1.54, 1.807) is 13.8 Å². The van der Waals surface area contributed by atoms with Crippen molar-refractivity contribution in [2.45, 2.75) is 25.9 Å². The van der Waals surface area contributed by atoms with Gasteiger partial charge in [-0.2, -0.15) is 0 Å². The van der Waals surface area contributed by atoms with Gasteiger partial charge in [0.2, 0.25) is 0 Å². The summed E-state index contributed by atoms with van der Waals surface area (Å²) >= 11 is 0. The molecule has 1 aromatic carbocycles. The van der Waals surface area contributed by atoms with Gasteiger partial charge in [-0.3, -0.25) is 0 Å². The van der Waals surface area contributed by atoms with E-state index in [0.29, 0.717) is 6.07 Å². The Bertz CT molecular complexity index is 455. The van der Waals surface area contributed by atoms with Crippen molar-refractivity contribution in [3.63, 3.8) is 0 Å². The molecule has 0 fully saturated rings. The minimum Gasteiger partial charge on any atom is -0.462 e. The van der Waals surface area contributed by atoms with Gasteiger partial charge in [0.05, 0.1) is 17.8 Å². The zero-order chi connectivity index (χ0) is 13.9. The van der Waals surface area contributed by atoms with E-state index in [4.69, 9.17) is 10.5 Å². The van der Waals surface area contributed by atoms with E-state index in [1.165, 1.54) is 0 Å². The van der Waals surface area contributed by atoms with Gasteiger partial charge in [0.1, 0.15) is 0 Å². The molecule has 18 heavy (non-hydrogen) atoms. The Morgan fingerprint density at radius 3 is 2.50 bits per heavy atom. The summed E-state index contributed by atoms with van der Waals surface area (Å²) in [6.07, 6.45) is 0.225. The highest BCUT2D eigenvalue weighted by atomic mass is 19.2. The predicted molar refractivity (Wildman–Crippen MR) is 62.0 cm³/mol. The molecule has 6 heteroatoms. The van der Waals surface area contributed by atoms with Crippen LogP contribution in [-0.4, -0.2) is 23.3 Å². The van der Waals surface area contributed by atoms with Crippen molar-refractivity contribution in [1.82, 2.24) is 0 Å². The molecule has 0 amide bonds. The molecule has 100 valence electrons. The Morgan fingerprint density at radius 1 is 1.39 bits per heavy atom. The van der Waals surface area contributed by atoms with E-state index in [9.17, 15) is 18.7 Å². The first-order valence-corrected chi connectivity index (χ1v) is 5.35. The fraction of sp³-hybridized carbons (Fsp3) is 0.417. The molecular weight excluding hydrogens is 244 g/mol. The van der Waals surface area contributed by atoms with E-state index < -0.39 is 23.2 Å². The highest BCUT2D eigenvalue weighted by Gasteiger charge is 2.17. The molecule has 0 aliphatic rings. The maximum Gasteiger partial charge on any atom is 0.340 e. The number of ether oxygens (including phenoxy) is 1. The first-order valence-electron chi connectivity index (χ1n) is 5.35. The lowest BCUT2D eigenvalue weighted by Gasteiger charge is -2.16. The van der Waals surface area contributed by atoms with Crippen LogP contribution < -0.4 is 5.73 Å². The average molecular weight is 259 g/mol. The largest absolute Gasteiger partial charge is 0.462 e. The molecule has 0 aliphatic heterocycles. The standard InChI is InChI=1S/C12H15F2NO3/c1-12(2,17)3-4-18-11(16)7-5-8(13)9(14)6-10(7)15/h5-6,17H,3-4,15H2,1-2H3. The van der Waals surface area contributed by atoms with Gasteiger partial charge in [0.15, 0.2) is 11.6 Å². The molecule has 3 N–H and O–H groups in total. The van der Waals surface area contributed by atoms with Crippen LogP contribution in [0, 0.1) is 11.6 Å². The summed E-state index contributed by atoms with van der Waals surface area (Å²) in [5, 5.41) is 9.41. The molecule has 1 aromatic rings. The number of carbonyl (C=O) groups excluding carboxylic acids is 1. The minimum absolute atomic E-state index is 0.0409. The van der Waals surface area contributed by atoms with Crippen LogP contribution in [0.25, 0.3) is 0 Å². The van der Waals surface area contributed by atoms with Crippen LogP contribution in [0.1, 0.15) is 30.6 Å². The third-order valence-corrected chi connectivity index (χ3v) is 2.26. The van der Waals surface area contributed by atoms with Crippen LogP contribution in [0.5, 0.6) is 0 Å². The van der Waals surface area contributed by atoms with E-state index in [0.717, 1.165) is 6.07 Å². The van der Waals surface area contributed by atoms with Gasteiger partial charge in [-0.1, -0.05) is 0 Å². The lowest BCUT2D eigenvalue weighted by molar-refractivity contribution is 0.0245. The fourth-order valence-electron chi connectivity index (χ4n) is 1.21. The molecule has 1 rings (SSSR count). The van der Waals surface area contributed by atoms with Gasteiger partial charge in [-0.25, -0.2) is 13.6 Å². The number of hydrogen-bond acceptors (Lipinski definition) is 4. The molecule has 0 saturated carbocycles.